The first-order chi connectivity index (χ1) is 11.6. The Kier molecular flexibility index (Phi) is 3.77. The van der Waals surface area contributed by atoms with Crippen LogP contribution in [0.1, 0.15) is 43.0 Å². The van der Waals surface area contributed by atoms with Crippen LogP contribution in [-0.2, 0) is 6.42 Å². The summed E-state index contributed by atoms with van der Waals surface area (Å²) in [6.07, 6.45) is 5.95. The molecule has 0 saturated carbocycles. The topological polar surface area (TPSA) is 0 Å². The zero-order valence-corrected chi connectivity index (χ0v) is 15.7. The van der Waals surface area contributed by atoms with E-state index < -0.39 is 0 Å². The van der Waals surface area contributed by atoms with Gasteiger partial charge in [-0.3, -0.25) is 0 Å². The van der Waals surface area contributed by atoms with E-state index in [1.807, 2.05) is 0 Å². The molecule has 2 aliphatic carbocycles. The van der Waals surface area contributed by atoms with E-state index in [4.69, 9.17) is 0 Å². The largest absolute Gasteiger partial charge is 0.0648 e. The Labute approximate surface area is 147 Å². The van der Waals surface area contributed by atoms with Gasteiger partial charge in [0.15, 0.2) is 0 Å². The molecule has 0 N–H and O–H groups in total. The van der Waals surface area contributed by atoms with Crippen LogP contribution in [0.5, 0.6) is 0 Å². The van der Waals surface area contributed by atoms with E-state index in [1.165, 1.54) is 33.9 Å². The summed E-state index contributed by atoms with van der Waals surface area (Å²) in [6, 6.07) is 18.9. The fraction of sp³-hybridized carbons (Fsp3) is 0.261. The third kappa shape index (κ3) is 2.39. The van der Waals surface area contributed by atoms with Gasteiger partial charge in [-0.25, -0.2) is 0 Å². The van der Waals surface area contributed by atoms with Crippen LogP contribution in [0.4, 0.5) is 0 Å². The average Bonchev–Trinajstić information content (AvgIpc) is 3.18. The Morgan fingerprint density at radius 2 is 1.62 bits per heavy atom. The first-order valence-corrected chi connectivity index (χ1v) is 10.0. The van der Waals surface area contributed by atoms with Gasteiger partial charge in [0.05, 0.1) is 0 Å². The number of hydrogen-bond acceptors (Lipinski definition) is 0. The molecule has 4 rings (SSSR count). The van der Waals surface area contributed by atoms with Crippen molar-refractivity contribution in [2.75, 3.05) is 0 Å². The predicted octanol–water partition coefficient (Wildman–Crippen LogP) is 5.41. The SMILES string of the molecule is CC[Si]=C1C(C(C)(C)C2=Cc3ccccc3C2)=Cc2ccccc21. The van der Waals surface area contributed by atoms with Gasteiger partial charge in [-0.2, -0.15) is 0 Å². The summed E-state index contributed by atoms with van der Waals surface area (Å²) in [5.41, 5.74) is 8.87. The lowest BCUT2D eigenvalue weighted by Gasteiger charge is -2.30. The third-order valence-electron chi connectivity index (χ3n) is 5.39. The zero-order valence-electron chi connectivity index (χ0n) is 14.7. The first kappa shape index (κ1) is 15.5. The van der Waals surface area contributed by atoms with Crippen LogP contribution >= 0.6 is 0 Å². The lowest BCUT2D eigenvalue weighted by Crippen LogP contribution is -2.24. The molecule has 0 fully saturated rings. The van der Waals surface area contributed by atoms with Crippen molar-refractivity contribution in [2.24, 2.45) is 5.41 Å². The van der Waals surface area contributed by atoms with Crippen molar-refractivity contribution >= 4 is 26.5 Å². The van der Waals surface area contributed by atoms with Gasteiger partial charge in [-0.05, 0) is 45.5 Å². The van der Waals surface area contributed by atoms with Crippen molar-refractivity contribution in [3.8, 4) is 0 Å². The van der Waals surface area contributed by atoms with Crippen LogP contribution in [0.3, 0.4) is 0 Å². The molecule has 0 aliphatic heterocycles. The first-order valence-electron chi connectivity index (χ1n) is 8.83. The number of hydrogen-bond donors (Lipinski definition) is 0. The molecule has 0 heterocycles. The minimum absolute atomic E-state index is 0.0789. The van der Waals surface area contributed by atoms with Crippen molar-refractivity contribution in [2.45, 2.75) is 33.2 Å². The molecule has 2 aromatic rings. The molecule has 119 valence electrons. The van der Waals surface area contributed by atoms with E-state index in [2.05, 4.69) is 81.5 Å². The van der Waals surface area contributed by atoms with Crippen molar-refractivity contribution in [3.05, 3.63) is 81.9 Å². The van der Waals surface area contributed by atoms with Gasteiger partial charge >= 0.3 is 0 Å². The molecular formula is C23H23Si. The van der Waals surface area contributed by atoms with Gasteiger partial charge in [0, 0.05) is 14.5 Å². The summed E-state index contributed by atoms with van der Waals surface area (Å²) in [7, 11) is 0.886. The van der Waals surface area contributed by atoms with Crippen LogP contribution < -0.4 is 0 Å². The maximum Gasteiger partial charge on any atom is 0.0304 e. The molecule has 24 heavy (non-hydrogen) atoms. The number of fused-ring (bicyclic) bond motifs is 2. The van der Waals surface area contributed by atoms with Crippen molar-refractivity contribution in [3.63, 3.8) is 0 Å². The van der Waals surface area contributed by atoms with Gasteiger partial charge in [0.2, 0.25) is 0 Å². The van der Waals surface area contributed by atoms with Gasteiger partial charge in [-0.15, -0.1) is 0 Å². The fourth-order valence-electron chi connectivity index (χ4n) is 3.94. The molecule has 0 amide bonds. The van der Waals surface area contributed by atoms with Gasteiger partial charge < -0.3 is 0 Å². The Bertz CT molecular complexity index is 894. The summed E-state index contributed by atoms with van der Waals surface area (Å²) in [6.45, 7) is 7.10. The highest BCUT2D eigenvalue weighted by atomic mass is 28.2. The summed E-state index contributed by atoms with van der Waals surface area (Å²) < 4.78 is 0. The summed E-state index contributed by atoms with van der Waals surface area (Å²) in [5, 5.41) is 1.58. The lowest BCUT2D eigenvalue weighted by molar-refractivity contribution is 0.558. The zero-order chi connectivity index (χ0) is 16.7. The van der Waals surface area contributed by atoms with Crippen LogP contribution in [-0.4, -0.2) is 14.3 Å². The van der Waals surface area contributed by atoms with E-state index in [9.17, 15) is 0 Å². The van der Waals surface area contributed by atoms with Gasteiger partial charge in [0.1, 0.15) is 0 Å². The number of allylic oxidation sites excluding steroid dienone is 2. The second-order valence-electron chi connectivity index (χ2n) is 7.22. The minimum atomic E-state index is 0.0789. The van der Waals surface area contributed by atoms with E-state index in [0.29, 0.717) is 0 Å². The Balaban J connectivity index is 1.77. The molecule has 1 heteroatoms. The van der Waals surface area contributed by atoms with E-state index >= 15 is 0 Å². The molecule has 0 bridgehead atoms. The average molecular weight is 328 g/mol. The summed E-state index contributed by atoms with van der Waals surface area (Å²) in [5.74, 6) is 0. The maximum atomic E-state index is 2.44. The highest BCUT2D eigenvalue weighted by molar-refractivity contribution is 6.63. The standard InChI is InChI=1S/C23H23Si/c1-4-24-22-20-12-8-7-11-18(20)15-21(22)23(2,3)19-13-16-9-5-6-10-17(16)14-19/h5-13,15H,4,14H2,1-3H3. The monoisotopic (exact) mass is 327 g/mol. The Morgan fingerprint density at radius 1 is 0.917 bits per heavy atom. The van der Waals surface area contributed by atoms with Gasteiger partial charge in [-0.1, -0.05) is 87.0 Å². The number of benzene rings is 2. The Morgan fingerprint density at radius 3 is 2.38 bits per heavy atom. The number of rotatable bonds is 3. The van der Waals surface area contributed by atoms with Crippen LogP contribution in [0.15, 0.2) is 59.7 Å². The fourth-order valence-corrected chi connectivity index (χ4v) is 5.28. The van der Waals surface area contributed by atoms with Crippen LogP contribution in [0.25, 0.3) is 12.2 Å². The molecular weight excluding hydrogens is 304 g/mol. The minimum Gasteiger partial charge on any atom is -0.0648 e. The van der Waals surface area contributed by atoms with Crippen molar-refractivity contribution in [1.29, 1.82) is 0 Å². The second-order valence-corrected chi connectivity index (χ2v) is 8.78. The summed E-state index contributed by atoms with van der Waals surface area (Å²) >= 11 is 0. The normalized spacial score (nSPS) is 17.5. The molecule has 2 aliphatic rings. The van der Waals surface area contributed by atoms with Gasteiger partial charge in [0.25, 0.3) is 0 Å². The molecule has 0 aromatic heterocycles. The molecule has 2 aromatic carbocycles. The maximum absolute atomic E-state index is 2.44. The molecule has 1 radical (unpaired) electrons. The second kappa shape index (κ2) is 5.82. The van der Waals surface area contributed by atoms with Crippen LogP contribution in [0.2, 0.25) is 6.04 Å². The lowest BCUT2D eigenvalue weighted by atomic mass is 9.75. The highest BCUT2D eigenvalue weighted by Gasteiger charge is 2.35. The van der Waals surface area contributed by atoms with E-state index in [0.717, 1.165) is 15.6 Å². The van der Waals surface area contributed by atoms with Crippen molar-refractivity contribution in [1.82, 2.24) is 0 Å². The molecule has 0 spiro atoms. The molecule has 0 nitrogen and oxygen atoms in total. The van der Waals surface area contributed by atoms with E-state index in [1.54, 1.807) is 10.7 Å². The predicted molar refractivity (Wildman–Crippen MR) is 107 cm³/mol. The van der Waals surface area contributed by atoms with Crippen molar-refractivity contribution < 1.29 is 0 Å². The Hall–Kier alpha value is -1.99. The smallest absolute Gasteiger partial charge is 0.0304 e. The quantitative estimate of drug-likeness (QED) is 0.661. The summed E-state index contributed by atoms with van der Waals surface area (Å²) in [4.78, 5) is 0. The molecule has 0 unspecified atom stereocenters. The molecule has 0 atom stereocenters. The van der Waals surface area contributed by atoms with E-state index in [-0.39, 0.29) is 5.41 Å². The highest BCUT2D eigenvalue weighted by Crippen LogP contribution is 2.45. The van der Waals surface area contributed by atoms with Crippen LogP contribution in [0, 0.1) is 5.41 Å². The third-order valence-corrected chi connectivity index (χ3v) is 6.64. The molecule has 0 saturated heterocycles.